The number of anilines is 1. The Morgan fingerprint density at radius 1 is 1.50 bits per heavy atom. The first kappa shape index (κ1) is 12.3. The monoisotopic (exact) mass is 219 g/mol. The zero-order valence-electron chi connectivity index (χ0n) is 9.73. The van der Waals surface area contributed by atoms with Crippen LogP contribution >= 0.6 is 0 Å². The molecule has 1 rings (SSSR count). The SMILES string of the molecule is COc1ccc(N)cc1CN(C)CCC#N. The predicted molar refractivity (Wildman–Crippen MR) is 64.0 cm³/mol. The van der Waals surface area contributed by atoms with Gasteiger partial charge in [-0.25, -0.2) is 0 Å². The molecule has 4 heteroatoms. The minimum Gasteiger partial charge on any atom is -0.496 e. The third-order valence-corrected chi connectivity index (χ3v) is 2.35. The van der Waals surface area contributed by atoms with Crippen LogP contribution in [0.4, 0.5) is 5.69 Å². The Morgan fingerprint density at radius 3 is 2.88 bits per heavy atom. The van der Waals surface area contributed by atoms with Crippen molar-refractivity contribution in [1.29, 1.82) is 5.26 Å². The van der Waals surface area contributed by atoms with Crippen LogP contribution in [0, 0.1) is 11.3 Å². The van der Waals surface area contributed by atoms with E-state index in [2.05, 4.69) is 11.0 Å². The number of methoxy groups -OCH3 is 1. The van der Waals surface area contributed by atoms with Crippen molar-refractivity contribution < 1.29 is 4.74 Å². The van der Waals surface area contributed by atoms with Gasteiger partial charge in [0, 0.05) is 30.8 Å². The maximum Gasteiger partial charge on any atom is 0.123 e. The minimum atomic E-state index is 0.529. The Kier molecular flexibility index (Phi) is 4.62. The number of hydrogen-bond acceptors (Lipinski definition) is 4. The van der Waals surface area contributed by atoms with Crippen LogP contribution in [0.5, 0.6) is 5.75 Å². The van der Waals surface area contributed by atoms with E-state index in [-0.39, 0.29) is 0 Å². The standard InChI is InChI=1S/C12H17N3O/c1-15(7-3-6-13)9-10-8-11(14)4-5-12(10)16-2/h4-5,8H,3,7,9,14H2,1-2H3. The third-order valence-electron chi connectivity index (χ3n) is 2.35. The molecule has 0 saturated heterocycles. The molecule has 0 atom stereocenters. The van der Waals surface area contributed by atoms with Crippen LogP contribution in [0.2, 0.25) is 0 Å². The maximum atomic E-state index is 8.50. The Morgan fingerprint density at radius 2 is 2.25 bits per heavy atom. The molecule has 0 heterocycles. The van der Waals surface area contributed by atoms with Gasteiger partial charge in [-0.3, -0.25) is 0 Å². The summed E-state index contributed by atoms with van der Waals surface area (Å²) >= 11 is 0. The van der Waals surface area contributed by atoms with E-state index in [4.69, 9.17) is 15.7 Å². The van der Waals surface area contributed by atoms with Crippen molar-refractivity contribution in [2.24, 2.45) is 0 Å². The molecule has 0 radical (unpaired) electrons. The second kappa shape index (κ2) is 5.99. The van der Waals surface area contributed by atoms with Crippen LogP contribution in [0.3, 0.4) is 0 Å². The number of hydrogen-bond donors (Lipinski definition) is 1. The molecule has 1 aromatic rings. The highest BCUT2D eigenvalue weighted by molar-refractivity contribution is 5.47. The second-order valence-electron chi connectivity index (χ2n) is 3.72. The molecule has 0 aromatic heterocycles. The van der Waals surface area contributed by atoms with Crippen molar-refractivity contribution in [3.05, 3.63) is 23.8 Å². The molecular weight excluding hydrogens is 202 g/mol. The zero-order chi connectivity index (χ0) is 12.0. The molecule has 0 spiro atoms. The largest absolute Gasteiger partial charge is 0.496 e. The number of benzene rings is 1. The first-order chi connectivity index (χ1) is 7.67. The lowest BCUT2D eigenvalue weighted by Gasteiger charge is -2.17. The smallest absolute Gasteiger partial charge is 0.123 e. The van der Waals surface area contributed by atoms with Gasteiger partial charge in [-0.1, -0.05) is 0 Å². The molecule has 0 unspecified atom stereocenters. The molecule has 1 aromatic carbocycles. The van der Waals surface area contributed by atoms with Crippen LogP contribution in [0.1, 0.15) is 12.0 Å². The summed E-state index contributed by atoms with van der Waals surface area (Å²) in [6.07, 6.45) is 0.529. The first-order valence-electron chi connectivity index (χ1n) is 5.15. The number of ether oxygens (including phenoxy) is 1. The van der Waals surface area contributed by atoms with Gasteiger partial charge >= 0.3 is 0 Å². The topological polar surface area (TPSA) is 62.3 Å². The van der Waals surface area contributed by atoms with Gasteiger partial charge in [0.15, 0.2) is 0 Å². The molecule has 0 amide bonds. The first-order valence-corrected chi connectivity index (χ1v) is 5.15. The number of rotatable bonds is 5. The molecule has 86 valence electrons. The Bertz CT molecular complexity index is 384. The maximum absolute atomic E-state index is 8.50. The Balaban J connectivity index is 2.71. The minimum absolute atomic E-state index is 0.529. The van der Waals surface area contributed by atoms with E-state index in [1.807, 2.05) is 25.2 Å². The Hall–Kier alpha value is -1.73. The molecule has 0 saturated carbocycles. The molecule has 4 nitrogen and oxygen atoms in total. The number of nitrogens with zero attached hydrogens (tertiary/aromatic N) is 2. The fraction of sp³-hybridized carbons (Fsp3) is 0.417. The number of nitrogens with two attached hydrogens (primary N) is 1. The summed E-state index contributed by atoms with van der Waals surface area (Å²) in [4.78, 5) is 2.07. The van der Waals surface area contributed by atoms with Crippen molar-refractivity contribution >= 4 is 5.69 Å². The molecule has 0 aliphatic heterocycles. The van der Waals surface area contributed by atoms with Gasteiger partial charge in [0.05, 0.1) is 13.2 Å². The quantitative estimate of drug-likeness (QED) is 0.764. The summed E-state index contributed by atoms with van der Waals surface area (Å²) in [5.41, 5.74) is 7.50. The summed E-state index contributed by atoms with van der Waals surface area (Å²) in [6, 6.07) is 7.71. The van der Waals surface area contributed by atoms with Crippen molar-refractivity contribution in [2.75, 3.05) is 26.4 Å². The highest BCUT2D eigenvalue weighted by Crippen LogP contribution is 2.22. The van der Waals surface area contributed by atoms with E-state index in [0.29, 0.717) is 6.42 Å². The highest BCUT2D eigenvalue weighted by atomic mass is 16.5. The summed E-state index contributed by atoms with van der Waals surface area (Å²) < 4.78 is 5.26. The lowest BCUT2D eigenvalue weighted by atomic mass is 10.1. The highest BCUT2D eigenvalue weighted by Gasteiger charge is 2.06. The van der Waals surface area contributed by atoms with Crippen molar-refractivity contribution in [3.63, 3.8) is 0 Å². The normalized spacial score (nSPS) is 10.1. The van der Waals surface area contributed by atoms with E-state index in [9.17, 15) is 0 Å². The zero-order valence-corrected chi connectivity index (χ0v) is 9.73. The number of nitriles is 1. The van der Waals surface area contributed by atoms with Crippen molar-refractivity contribution in [1.82, 2.24) is 4.90 Å². The van der Waals surface area contributed by atoms with Crippen LogP contribution in [-0.2, 0) is 6.54 Å². The van der Waals surface area contributed by atoms with Crippen LogP contribution in [-0.4, -0.2) is 25.6 Å². The van der Waals surface area contributed by atoms with E-state index < -0.39 is 0 Å². The van der Waals surface area contributed by atoms with Crippen molar-refractivity contribution in [3.8, 4) is 11.8 Å². The molecule has 0 fully saturated rings. The van der Waals surface area contributed by atoms with Crippen LogP contribution in [0.25, 0.3) is 0 Å². The molecular formula is C12H17N3O. The van der Waals surface area contributed by atoms with Gasteiger partial charge < -0.3 is 15.4 Å². The second-order valence-corrected chi connectivity index (χ2v) is 3.72. The Labute approximate surface area is 96.2 Å². The van der Waals surface area contributed by atoms with Crippen molar-refractivity contribution in [2.45, 2.75) is 13.0 Å². The fourth-order valence-corrected chi connectivity index (χ4v) is 1.53. The molecule has 0 bridgehead atoms. The van der Waals surface area contributed by atoms with E-state index in [1.165, 1.54) is 0 Å². The number of nitrogen functional groups attached to an aromatic ring is 1. The van der Waals surface area contributed by atoms with Gasteiger partial charge in [-0.2, -0.15) is 5.26 Å². The van der Waals surface area contributed by atoms with E-state index in [0.717, 1.165) is 30.1 Å². The molecule has 16 heavy (non-hydrogen) atoms. The molecule has 2 N–H and O–H groups in total. The van der Waals surface area contributed by atoms with Gasteiger partial charge in [-0.15, -0.1) is 0 Å². The third kappa shape index (κ3) is 3.44. The van der Waals surface area contributed by atoms with Gasteiger partial charge in [0.1, 0.15) is 5.75 Å². The summed E-state index contributed by atoms with van der Waals surface area (Å²) in [5, 5.41) is 8.50. The summed E-state index contributed by atoms with van der Waals surface area (Å²) in [5.74, 6) is 0.831. The molecule has 0 aliphatic carbocycles. The van der Waals surface area contributed by atoms with Gasteiger partial charge in [0.25, 0.3) is 0 Å². The van der Waals surface area contributed by atoms with Crippen LogP contribution < -0.4 is 10.5 Å². The molecule has 0 aliphatic rings. The lowest BCUT2D eigenvalue weighted by molar-refractivity contribution is 0.324. The fourth-order valence-electron chi connectivity index (χ4n) is 1.53. The summed E-state index contributed by atoms with van der Waals surface area (Å²) in [7, 11) is 3.62. The summed E-state index contributed by atoms with van der Waals surface area (Å²) in [6.45, 7) is 1.48. The average molecular weight is 219 g/mol. The predicted octanol–water partition coefficient (Wildman–Crippen LogP) is 1.62. The average Bonchev–Trinajstić information content (AvgIpc) is 2.27. The van der Waals surface area contributed by atoms with E-state index >= 15 is 0 Å². The lowest BCUT2D eigenvalue weighted by Crippen LogP contribution is -2.19. The van der Waals surface area contributed by atoms with Crippen LogP contribution in [0.15, 0.2) is 18.2 Å². The van der Waals surface area contributed by atoms with Gasteiger partial charge in [0.2, 0.25) is 0 Å². The van der Waals surface area contributed by atoms with E-state index in [1.54, 1.807) is 7.11 Å². The van der Waals surface area contributed by atoms with Gasteiger partial charge in [-0.05, 0) is 25.2 Å².